The molecule has 1 atom stereocenters. The number of halogens is 1. The molecule has 0 aromatic heterocycles. The van der Waals surface area contributed by atoms with Crippen LogP contribution in [0.15, 0.2) is 4.99 Å². The molecule has 1 unspecified atom stereocenters. The number of rotatable bonds is 5. The van der Waals surface area contributed by atoms with Crippen molar-refractivity contribution in [2.75, 3.05) is 59.9 Å². The van der Waals surface area contributed by atoms with E-state index in [4.69, 9.17) is 0 Å². The highest BCUT2D eigenvalue weighted by atomic mass is 127. The van der Waals surface area contributed by atoms with Gasteiger partial charge in [0.05, 0.1) is 0 Å². The molecule has 0 spiro atoms. The average Bonchev–Trinajstić information content (AvgIpc) is 3.00. The number of amides is 1. The lowest BCUT2D eigenvalue weighted by atomic mass is 10.1. The number of likely N-dealkylation sites (N-methyl/N-ethyl adjacent to an activating group) is 1. The van der Waals surface area contributed by atoms with Gasteiger partial charge in [-0.25, -0.2) is 4.99 Å². The van der Waals surface area contributed by atoms with E-state index in [1.807, 2.05) is 0 Å². The summed E-state index contributed by atoms with van der Waals surface area (Å²) in [6.45, 7) is 8.98. The summed E-state index contributed by atoms with van der Waals surface area (Å²) < 4.78 is 0. The second-order valence-corrected chi connectivity index (χ2v) is 6.92. The maximum Gasteiger partial charge on any atom is 0.243 e. The van der Waals surface area contributed by atoms with Crippen molar-refractivity contribution in [1.29, 1.82) is 0 Å². The van der Waals surface area contributed by atoms with Crippen LogP contribution in [0.2, 0.25) is 0 Å². The zero-order chi connectivity index (χ0) is 16.7. The van der Waals surface area contributed by atoms with Gasteiger partial charge in [-0.05, 0) is 45.2 Å². The fourth-order valence-corrected chi connectivity index (χ4v) is 3.39. The van der Waals surface area contributed by atoms with E-state index >= 15 is 0 Å². The minimum Gasteiger partial charge on any atom is -0.357 e. The number of aliphatic imine (C=N–C) groups is 1. The summed E-state index contributed by atoms with van der Waals surface area (Å²) in [5, 5.41) is 3.33. The Balaban J connectivity index is 0.00000288. The van der Waals surface area contributed by atoms with E-state index in [1.165, 1.54) is 45.3 Å². The van der Waals surface area contributed by atoms with Crippen LogP contribution in [0.25, 0.3) is 0 Å². The Hall–Kier alpha value is -0.570. The Morgan fingerprint density at radius 3 is 2.54 bits per heavy atom. The minimum absolute atomic E-state index is 0. The molecular weight excluding hydrogens is 417 g/mol. The number of hydrogen-bond donors (Lipinski definition) is 1. The first-order valence-electron chi connectivity index (χ1n) is 9.06. The highest BCUT2D eigenvalue weighted by Crippen LogP contribution is 2.19. The van der Waals surface area contributed by atoms with Crippen LogP contribution < -0.4 is 5.32 Å². The molecular formula is C17H34IN5O. The van der Waals surface area contributed by atoms with Crippen molar-refractivity contribution < 1.29 is 4.79 Å². The van der Waals surface area contributed by atoms with Gasteiger partial charge in [0.2, 0.25) is 5.91 Å². The van der Waals surface area contributed by atoms with E-state index in [1.54, 1.807) is 19.0 Å². The van der Waals surface area contributed by atoms with Gasteiger partial charge < -0.3 is 20.0 Å². The Morgan fingerprint density at radius 2 is 1.92 bits per heavy atom. The van der Waals surface area contributed by atoms with Crippen molar-refractivity contribution >= 4 is 35.8 Å². The molecule has 0 aliphatic carbocycles. The predicted molar refractivity (Wildman–Crippen MR) is 110 cm³/mol. The maximum absolute atomic E-state index is 11.8. The van der Waals surface area contributed by atoms with Gasteiger partial charge in [0, 0.05) is 40.3 Å². The van der Waals surface area contributed by atoms with Crippen molar-refractivity contribution in [1.82, 2.24) is 20.0 Å². The number of carbonyl (C=O) groups excluding carboxylic acids is 1. The second-order valence-electron chi connectivity index (χ2n) is 6.92. The predicted octanol–water partition coefficient (Wildman–Crippen LogP) is 1.47. The molecule has 7 heteroatoms. The van der Waals surface area contributed by atoms with Gasteiger partial charge in [0.25, 0.3) is 0 Å². The molecule has 2 aliphatic rings. The normalized spacial score (nSPS) is 22.2. The van der Waals surface area contributed by atoms with E-state index in [0.29, 0.717) is 0 Å². The number of guanidine groups is 1. The molecule has 2 fully saturated rings. The summed E-state index contributed by atoms with van der Waals surface area (Å²) in [6.07, 6.45) is 5.33. The number of nitrogens with zero attached hydrogens (tertiary/aromatic N) is 4. The van der Waals surface area contributed by atoms with Crippen LogP contribution in [-0.4, -0.2) is 86.5 Å². The highest BCUT2D eigenvalue weighted by molar-refractivity contribution is 14.0. The van der Waals surface area contributed by atoms with Crippen LogP contribution in [0.1, 0.15) is 32.6 Å². The molecule has 0 aromatic carbocycles. The number of hydrogen-bond acceptors (Lipinski definition) is 3. The lowest BCUT2D eigenvalue weighted by molar-refractivity contribution is -0.127. The Morgan fingerprint density at radius 1 is 1.21 bits per heavy atom. The summed E-state index contributed by atoms with van der Waals surface area (Å²) in [5.74, 6) is 1.66. The third-order valence-electron chi connectivity index (χ3n) is 4.75. The van der Waals surface area contributed by atoms with Crippen LogP contribution in [0.5, 0.6) is 0 Å². The monoisotopic (exact) mass is 451 g/mol. The van der Waals surface area contributed by atoms with E-state index in [9.17, 15) is 4.79 Å². The van der Waals surface area contributed by atoms with E-state index in [2.05, 4.69) is 27.0 Å². The Kier molecular flexibility index (Phi) is 9.95. The molecule has 6 nitrogen and oxygen atoms in total. The van der Waals surface area contributed by atoms with Gasteiger partial charge in [0.15, 0.2) is 5.96 Å². The van der Waals surface area contributed by atoms with Crippen molar-refractivity contribution in [3.8, 4) is 0 Å². The lowest BCUT2D eigenvalue weighted by Gasteiger charge is -2.29. The first kappa shape index (κ1) is 21.5. The fraction of sp³-hybridized carbons (Fsp3) is 0.882. The molecule has 1 amide bonds. The molecule has 2 aliphatic heterocycles. The van der Waals surface area contributed by atoms with Gasteiger partial charge in [-0.1, -0.05) is 6.42 Å². The van der Waals surface area contributed by atoms with Crippen LogP contribution in [0, 0.1) is 5.92 Å². The summed E-state index contributed by atoms with van der Waals surface area (Å²) >= 11 is 0. The molecule has 24 heavy (non-hydrogen) atoms. The smallest absolute Gasteiger partial charge is 0.243 e. The third kappa shape index (κ3) is 6.74. The summed E-state index contributed by atoms with van der Waals surface area (Å²) in [4.78, 5) is 22.8. The van der Waals surface area contributed by atoms with Crippen molar-refractivity contribution in [3.05, 3.63) is 0 Å². The topological polar surface area (TPSA) is 51.2 Å². The molecule has 0 aromatic rings. The van der Waals surface area contributed by atoms with Crippen LogP contribution in [0.4, 0.5) is 0 Å². The fourth-order valence-electron chi connectivity index (χ4n) is 3.39. The van der Waals surface area contributed by atoms with E-state index < -0.39 is 0 Å². The van der Waals surface area contributed by atoms with Crippen LogP contribution in [0.3, 0.4) is 0 Å². The highest BCUT2D eigenvalue weighted by Gasteiger charge is 2.27. The minimum atomic E-state index is 0. The average molecular weight is 451 g/mol. The van der Waals surface area contributed by atoms with Gasteiger partial charge in [-0.3, -0.25) is 4.79 Å². The first-order chi connectivity index (χ1) is 11.1. The standard InChI is InChI=1S/C17H33N5O.HI/c1-4-18-17(19-12-16(23)20(2)3)22-11-8-15(14-22)13-21-9-6-5-7-10-21;/h15H,4-14H2,1-3H3,(H,18,19);1H. The summed E-state index contributed by atoms with van der Waals surface area (Å²) in [6, 6.07) is 0. The number of nitrogens with one attached hydrogen (secondary N) is 1. The SMILES string of the molecule is CCNC(=NCC(=O)N(C)C)N1CCC(CN2CCCCC2)C1.I. The third-order valence-corrected chi connectivity index (χ3v) is 4.75. The second kappa shape index (κ2) is 11.1. The quantitative estimate of drug-likeness (QED) is 0.391. The van der Waals surface area contributed by atoms with Crippen LogP contribution in [-0.2, 0) is 4.79 Å². The maximum atomic E-state index is 11.8. The molecule has 140 valence electrons. The first-order valence-corrected chi connectivity index (χ1v) is 9.06. The van der Waals surface area contributed by atoms with E-state index in [-0.39, 0.29) is 36.4 Å². The largest absolute Gasteiger partial charge is 0.357 e. The molecule has 0 radical (unpaired) electrons. The molecule has 2 saturated heterocycles. The van der Waals surface area contributed by atoms with E-state index in [0.717, 1.165) is 31.5 Å². The number of likely N-dealkylation sites (tertiary alicyclic amines) is 2. The zero-order valence-corrected chi connectivity index (χ0v) is 17.8. The van der Waals surface area contributed by atoms with Gasteiger partial charge >= 0.3 is 0 Å². The molecule has 2 heterocycles. The molecule has 2 rings (SSSR count). The van der Waals surface area contributed by atoms with Gasteiger partial charge in [-0.2, -0.15) is 0 Å². The van der Waals surface area contributed by atoms with Gasteiger partial charge in [0.1, 0.15) is 6.54 Å². The van der Waals surface area contributed by atoms with Crippen molar-refractivity contribution in [2.45, 2.75) is 32.6 Å². The zero-order valence-electron chi connectivity index (χ0n) is 15.5. The summed E-state index contributed by atoms with van der Waals surface area (Å²) in [5.41, 5.74) is 0. The van der Waals surface area contributed by atoms with Crippen LogP contribution >= 0.6 is 24.0 Å². The number of carbonyl (C=O) groups is 1. The molecule has 0 bridgehead atoms. The molecule has 0 saturated carbocycles. The lowest BCUT2D eigenvalue weighted by Crippen LogP contribution is -2.42. The van der Waals surface area contributed by atoms with Crippen molar-refractivity contribution in [2.24, 2.45) is 10.9 Å². The number of piperidine rings is 1. The Bertz CT molecular complexity index is 410. The van der Waals surface area contributed by atoms with Gasteiger partial charge in [-0.15, -0.1) is 24.0 Å². The summed E-state index contributed by atoms with van der Waals surface area (Å²) in [7, 11) is 3.55. The Labute approximate surface area is 164 Å². The molecule has 1 N–H and O–H groups in total. The van der Waals surface area contributed by atoms with Crippen molar-refractivity contribution in [3.63, 3.8) is 0 Å².